The van der Waals surface area contributed by atoms with Crippen LogP contribution in [0.15, 0.2) is 48.8 Å². The summed E-state index contributed by atoms with van der Waals surface area (Å²) in [5, 5.41) is 0.726. The van der Waals surface area contributed by atoms with Crippen molar-refractivity contribution < 1.29 is 33.1 Å². The predicted molar refractivity (Wildman–Crippen MR) is 75.6 cm³/mol. The molecular weight excluding hydrogens is 387 g/mol. The Morgan fingerprint density at radius 3 is 2.40 bits per heavy atom. The number of hydrogen-bond donors (Lipinski definition) is 0. The van der Waals surface area contributed by atoms with Crippen molar-refractivity contribution in [2.24, 2.45) is 7.05 Å². The van der Waals surface area contributed by atoms with Gasteiger partial charge in [-0.1, -0.05) is 11.6 Å². The number of imidazole rings is 1. The summed E-state index contributed by atoms with van der Waals surface area (Å²) >= 11 is 6.02. The second-order valence-corrected chi connectivity index (χ2v) is 4.85. The SMILES string of the molecule is COc1ccc(-c2c[n+]3cc(Cl)ccc3n2C)cc1.[I-]. The van der Waals surface area contributed by atoms with E-state index < -0.39 is 0 Å². The molecule has 3 rings (SSSR count). The van der Waals surface area contributed by atoms with Crippen LogP contribution < -0.4 is 33.1 Å². The van der Waals surface area contributed by atoms with Crippen molar-refractivity contribution in [1.29, 1.82) is 0 Å². The minimum atomic E-state index is 0. The number of fused-ring (bicyclic) bond motifs is 1. The average molecular weight is 401 g/mol. The van der Waals surface area contributed by atoms with Crippen molar-refractivity contribution in [3.05, 3.63) is 53.8 Å². The number of aromatic nitrogens is 2. The summed E-state index contributed by atoms with van der Waals surface area (Å²) in [6.07, 6.45) is 3.98. The molecule has 0 saturated heterocycles. The first-order valence-electron chi connectivity index (χ1n) is 6.00. The fourth-order valence-corrected chi connectivity index (χ4v) is 2.41. The molecule has 0 unspecified atom stereocenters. The average Bonchev–Trinajstić information content (AvgIpc) is 2.75. The zero-order valence-corrected chi connectivity index (χ0v) is 14.1. The van der Waals surface area contributed by atoms with E-state index in [4.69, 9.17) is 16.3 Å². The Bertz CT molecular complexity index is 737. The molecule has 0 aliphatic heterocycles. The Kier molecular flexibility index (Phi) is 4.55. The molecule has 3 nitrogen and oxygen atoms in total. The van der Waals surface area contributed by atoms with Crippen LogP contribution in [0, 0.1) is 0 Å². The van der Waals surface area contributed by atoms with Gasteiger partial charge >= 0.3 is 0 Å². The molecule has 5 heteroatoms. The van der Waals surface area contributed by atoms with Crippen LogP contribution in [0.5, 0.6) is 5.75 Å². The number of nitrogens with zero attached hydrogens (tertiary/aromatic N) is 2. The Balaban J connectivity index is 0.00000147. The van der Waals surface area contributed by atoms with Crippen LogP contribution >= 0.6 is 11.6 Å². The molecule has 1 aromatic carbocycles. The van der Waals surface area contributed by atoms with Crippen molar-refractivity contribution in [2.45, 2.75) is 0 Å². The maximum absolute atomic E-state index is 6.02. The number of rotatable bonds is 2. The summed E-state index contributed by atoms with van der Waals surface area (Å²) in [4.78, 5) is 0. The third-order valence-corrected chi connectivity index (χ3v) is 3.49. The number of pyridine rings is 1. The quantitative estimate of drug-likeness (QED) is 0.441. The third kappa shape index (κ3) is 2.62. The van der Waals surface area contributed by atoms with Gasteiger partial charge in [-0.05, 0) is 30.3 Å². The summed E-state index contributed by atoms with van der Waals surface area (Å²) in [5.74, 6) is 0.859. The lowest BCUT2D eigenvalue weighted by molar-refractivity contribution is -0.510. The van der Waals surface area contributed by atoms with E-state index in [2.05, 4.69) is 22.9 Å². The molecule has 0 radical (unpaired) electrons. The maximum Gasteiger partial charge on any atom is 0.286 e. The van der Waals surface area contributed by atoms with E-state index in [1.165, 1.54) is 0 Å². The highest BCUT2D eigenvalue weighted by molar-refractivity contribution is 6.30. The van der Waals surface area contributed by atoms with Gasteiger partial charge in [-0.15, -0.1) is 0 Å². The number of ether oxygens (including phenoxy) is 1. The summed E-state index contributed by atoms with van der Waals surface area (Å²) in [6, 6.07) is 11.9. The van der Waals surface area contributed by atoms with Crippen LogP contribution in [-0.4, -0.2) is 11.7 Å². The lowest BCUT2D eigenvalue weighted by Gasteiger charge is -2.00. The van der Waals surface area contributed by atoms with Gasteiger partial charge in [-0.2, -0.15) is 0 Å². The first kappa shape index (κ1) is 15.1. The molecule has 0 N–H and O–H groups in total. The van der Waals surface area contributed by atoms with E-state index in [0.29, 0.717) is 0 Å². The molecule has 0 aliphatic rings. The summed E-state index contributed by atoms with van der Waals surface area (Å²) in [6.45, 7) is 0. The van der Waals surface area contributed by atoms with E-state index in [0.717, 1.165) is 27.7 Å². The van der Waals surface area contributed by atoms with Crippen molar-refractivity contribution in [3.8, 4) is 17.0 Å². The van der Waals surface area contributed by atoms with Crippen LogP contribution in [0.1, 0.15) is 0 Å². The van der Waals surface area contributed by atoms with Crippen LogP contribution in [0.2, 0.25) is 5.02 Å². The molecule has 20 heavy (non-hydrogen) atoms. The Hall–Kier alpha value is -1.27. The van der Waals surface area contributed by atoms with Crippen LogP contribution in [-0.2, 0) is 7.05 Å². The van der Waals surface area contributed by atoms with Gasteiger partial charge in [0.1, 0.15) is 18.1 Å². The van der Waals surface area contributed by atoms with Gasteiger partial charge in [0.25, 0.3) is 5.65 Å². The second-order valence-electron chi connectivity index (χ2n) is 4.41. The molecule has 0 amide bonds. The Morgan fingerprint density at radius 1 is 1.05 bits per heavy atom. The molecular formula is C15H14ClIN2O. The number of hydrogen-bond acceptors (Lipinski definition) is 1. The van der Waals surface area contributed by atoms with E-state index in [-0.39, 0.29) is 24.0 Å². The van der Waals surface area contributed by atoms with Crippen molar-refractivity contribution >= 4 is 17.2 Å². The lowest BCUT2D eigenvalue weighted by atomic mass is 10.1. The number of halogens is 2. The van der Waals surface area contributed by atoms with Crippen molar-refractivity contribution in [3.63, 3.8) is 0 Å². The second kappa shape index (κ2) is 6.01. The first-order chi connectivity index (χ1) is 9.19. The minimum absolute atomic E-state index is 0. The summed E-state index contributed by atoms with van der Waals surface area (Å²) in [5.41, 5.74) is 3.36. The highest BCUT2D eigenvalue weighted by Crippen LogP contribution is 2.22. The fraction of sp³-hybridized carbons (Fsp3) is 0.133. The molecule has 2 aromatic heterocycles. The Labute approximate surface area is 139 Å². The van der Waals surface area contributed by atoms with Gasteiger partial charge in [0.2, 0.25) is 0 Å². The fourth-order valence-electron chi connectivity index (χ4n) is 2.24. The minimum Gasteiger partial charge on any atom is -1.00 e. The first-order valence-corrected chi connectivity index (χ1v) is 6.37. The molecule has 0 bridgehead atoms. The highest BCUT2D eigenvalue weighted by atomic mass is 127. The van der Waals surface area contributed by atoms with Gasteiger partial charge in [-0.3, -0.25) is 0 Å². The highest BCUT2D eigenvalue weighted by Gasteiger charge is 2.15. The number of benzene rings is 1. The molecule has 104 valence electrons. The predicted octanol–water partition coefficient (Wildman–Crippen LogP) is 0.0968. The molecule has 2 heterocycles. The molecule has 0 aliphatic carbocycles. The molecule has 0 saturated carbocycles. The van der Waals surface area contributed by atoms with Gasteiger partial charge in [-0.25, -0.2) is 8.97 Å². The topological polar surface area (TPSA) is 18.3 Å². The van der Waals surface area contributed by atoms with Gasteiger partial charge in [0.15, 0.2) is 5.69 Å². The standard InChI is InChI=1S/C15H14ClN2O.HI/c1-17-14(11-3-6-13(19-2)7-4-11)10-18-9-12(16)5-8-15(17)18;/h3-10H,1-2H3;1H/q+1;/p-1. The lowest BCUT2D eigenvalue weighted by Crippen LogP contribution is -3.00. The summed E-state index contributed by atoms with van der Waals surface area (Å²) < 4.78 is 9.35. The van der Waals surface area contributed by atoms with Gasteiger partial charge in [0, 0.05) is 11.6 Å². The molecule has 0 atom stereocenters. The van der Waals surface area contributed by atoms with E-state index in [1.807, 2.05) is 41.9 Å². The van der Waals surface area contributed by atoms with Crippen LogP contribution in [0.25, 0.3) is 16.9 Å². The normalized spacial score (nSPS) is 10.3. The van der Waals surface area contributed by atoms with Crippen molar-refractivity contribution in [1.82, 2.24) is 4.57 Å². The zero-order valence-electron chi connectivity index (χ0n) is 11.2. The molecule has 3 aromatic rings. The Morgan fingerprint density at radius 2 is 1.75 bits per heavy atom. The van der Waals surface area contributed by atoms with Gasteiger partial charge in [0.05, 0.1) is 19.2 Å². The summed E-state index contributed by atoms with van der Waals surface area (Å²) in [7, 11) is 3.71. The van der Waals surface area contributed by atoms with Crippen LogP contribution in [0.3, 0.4) is 0 Å². The zero-order chi connectivity index (χ0) is 13.4. The number of methoxy groups -OCH3 is 1. The molecule has 0 fully saturated rings. The largest absolute Gasteiger partial charge is 1.00 e. The smallest absolute Gasteiger partial charge is 0.286 e. The van der Waals surface area contributed by atoms with Gasteiger partial charge < -0.3 is 28.7 Å². The van der Waals surface area contributed by atoms with E-state index in [1.54, 1.807) is 7.11 Å². The van der Waals surface area contributed by atoms with E-state index in [9.17, 15) is 0 Å². The monoisotopic (exact) mass is 400 g/mol. The maximum atomic E-state index is 6.02. The van der Waals surface area contributed by atoms with Crippen molar-refractivity contribution in [2.75, 3.05) is 7.11 Å². The van der Waals surface area contributed by atoms with E-state index >= 15 is 0 Å². The molecule has 0 spiro atoms. The third-order valence-electron chi connectivity index (χ3n) is 3.27. The number of aryl methyl sites for hydroxylation is 1. The van der Waals surface area contributed by atoms with Crippen LogP contribution in [0.4, 0.5) is 0 Å².